The molecule has 0 heterocycles. The molecule has 17 heavy (non-hydrogen) atoms. The summed E-state index contributed by atoms with van der Waals surface area (Å²) in [5.74, 6) is 0.872. The maximum atomic E-state index is 8.54. The van der Waals surface area contributed by atoms with Crippen molar-refractivity contribution in [1.29, 1.82) is 0 Å². The molecule has 0 fully saturated rings. The Labute approximate surface area is 104 Å². The number of benzene rings is 1. The van der Waals surface area contributed by atoms with Gasteiger partial charge in [0.25, 0.3) is 0 Å². The number of aliphatic hydroxyl groups is 1. The average molecular weight is 240 g/mol. The van der Waals surface area contributed by atoms with E-state index >= 15 is 0 Å². The highest BCUT2D eigenvalue weighted by Gasteiger charge is 1.92. The molecule has 0 saturated heterocycles. The Kier molecular flexibility index (Phi) is 12.2. The zero-order valence-electron chi connectivity index (χ0n) is 10.9. The first-order chi connectivity index (χ1) is 8.43. The molecule has 0 aliphatic carbocycles. The van der Waals surface area contributed by atoms with Crippen molar-refractivity contribution in [3.05, 3.63) is 30.3 Å². The van der Waals surface area contributed by atoms with Gasteiger partial charge in [-0.15, -0.1) is 0 Å². The predicted molar refractivity (Wildman–Crippen MR) is 70.4 cm³/mol. The molecule has 3 nitrogen and oxygen atoms in total. The van der Waals surface area contributed by atoms with E-state index in [1.54, 1.807) is 0 Å². The Balaban J connectivity index is 0.00000121. The number of ether oxygens (including phenoxy) is 2. The van der Waals surface area contributed by atoms with Crippen LogP contribution < -0.4 is 4.74 Å². The number of para-hydroxylation sites is 1. The van der Waals surface area contributed by atoms with Gasteiger partial charge in [0.05, 0.1) is 6.61 Å². The van der Waals surface area contributed by atoms with E-state index in [-0.39, 0.29) is 6.61 Å². The Bertz CT molecular complexity index is 236. The summed E-state index contributed by atoms with van der Waals surface area (Å²) in [7, 11) is 0. The monoisotopic (exact) mass is 240 g/mol. The Morgan fingerprint density at radius 3 is 2.29 bits per heavy atom. The van der Waals surface area contributed by atoms with Crippen molar-refractivity contribution in [2.45, 2.75) is 26.7 Å². The summed E-state index contributed by atoms with van der Waals surface area (Å²) in [5, 5.41) is 8.54. The lowest BCUT2D eigenvalue weighted by molar-refractivity contribution is 0.0944. The summed E-state index contributed by atoms with van der Waals surface area (Å²) in [4.78, 5) is 0. The fourth-order valence-electron chi connectivity index (χ4n) is 1.15. The maximum absolute atomic E-state index is 8.54. The molecule has 0 radical (unpaired) electrons. The van der Waals surface area contributed by atoms with E-state index in [0.29, 0.717) is 19.8 Å². The first-order valence-corrected chi connectivity index (χ1v) is 6.30. The SMILES string of the molecule is CC.OCCCCOCCOc1ccccc1. The molecular formula is C14H24O3. The van der Waals surface area contributed by atoms with Crippen molar-refractivity contribution in [2.75, 3.05) is 26.4 Å². The van der Waals surface area contributed by atoms with E-state index in [1.165, 1.54) is 0 Å². The average Bonchev–Trinajstić information content (AvgIpc) is 2.41. The van der Waals surface area contributed by atoms with E-state index in [0.717, 1.165) is 18.6 Å². The second-order valence-corrected chi connectivity index (χ2v) is 3.20. The quantitative estimate of drug-likeness (QED) is 0.710. The Morgan fingerprint density at radius 1 is 0.941 bits per heavy atom. The lowest BCUT2D eigenvalue weighted by Crippen LogP contribution is -2.07. The zero-order valence-corrected chi connectivity index (χ0v) is 10.9. The van der Waals surface area contributed by atoms with Gasteiger partial charge in [0.2, 0.25) is 0 Å². The van der Waals surface area contributed by atoms with Crippen LogP contribution in [0.1, 0.15) is 26.7 Å². The van der Waals surface area contributed by atoms with E-state index in [2.05, 4.69) is 0 Å². The van der Waals surface area contributed by atoms with Crippen molar-refractivity contribution >= 4 is 0 Å². The van der Waals surface area contributed by atoms with Gasteiger partial charge in [0.1, 0.15) is 12.4 Å². The summed E-state index contributed by atoms with van der Waals surface area (Å²) in [6, 6.07) is 9.69. The van der Waals surface area contributed by atoms with Gasteiger partial charge >= 0.3 is 0 Å². The summed E-state index contributed by atoms with van der Waals surface area (Å²) in [5.41, 5.74) is 0. The van der Waals surface area contributed by atoms with E-state index in [9.17, 15) is 0 Å². The van der Waals surface area contributed by atoms with Crippen LogP contribution >= 0.6 is 0 Å². The molecule has 0 unspecified atom stereocenters. The molecule has 0 aromatic heterocycles. The zero-order chi connectivity index (χ0) is 12.8. The molecule has 1 aromatic rings. The molecule has 1 rings (SSSR count). The predicted octanol–water partition coefficient (Wildman–Crippen LogP) is 2.88. The molecule has 0 atom stereocenters. The van der Waals surface area contributed by atoms with Gasteiger partial charge in [0, 0.05) is 13.2 Å². The van der Waals surface area contributed by atoms with Crippen molar-refractivity contribution in [2.24, 2.45) is 0 Å². The van der Waals surface area contributed by atoms with Gasteiger partial charge in [-0.3, -0.25) is 0 Å². The van der Waals surface area contributed by atoms with E-state index < -0.39 is 0 Å². The second-order valence-electron chi connectivity index (χ2n) is 3.20. The molecular weight excluding hydrogens is 216 g/mol. The Hall–Kier alpha value is -1.06. The van der Waals surface area contributed by atoms with Gasteiger partial charge in [-0.2, -0.15) is 0 Å². The highest BCUT2D eigenvalue weighted by Crippen LogP contribution is 2.07. The summed E-state index contributed by atoms with van der Waals surface area (Å²) >= 11 is 0. The lowest BCUT2D eigenvalue weighted by Gasteiger charge is -2.06. The lowest BCUT2D eigenvalue weighted by atomic mass is 10.3. The Morgan fingerprint density at radius 2 is 1.65 bits per heavy atom. The fourth-order valence-corrected chi connectivity index (χ4v) is 1.15. The molecule has 0 bridgehead atoms. The van der Waals surface area contributed by atoms with Crippen molar-refractivity contribution < 1.29 is 14.6 Å². The van der Waals surface area contributed by atoms with Crippen LogP contribution in [-0.2, 0) is 4.74 Å². The van der Waals surface area contributed by atoms with Crippen molar-refractivity contribution in [3.8, 4) is 5.75 Å². The first-order valence-electron chi connectivity index (χ1n) is 6.30. The molecule has 1 N–H and O–H groups in total. The normalized spacial score (nSPS) is 9.35. The third-order valence-electron chi connectivity index (χ3n) is 1.94. The van der Waals surface area contributed by atoms with Crippen LogP contribution in [0.25, 0.3) is 0 Å². The van der Waals surface area contributed by atoms with Crippen molar-refractivity contribution in [1.82, 2.24) is 0 Å². The summed E-state index contributed by atoms with van der Waals surface area (Å²) < 4.78 is 10.8. The standard InChI is InChI=1S/C12H18O3.C2H6/c13-8-4-5-9-14-10-11-15-12-6-2-1-3-7-12;1-2/h1-3,6-7,13H,4-5,8-11H2;1-2H3. The maximum Gasteiger partial charge on any atom is 0.119 e. The minimum Gasteiger partial charge on any atom is -0.491 e. The third-order valence-corrected chi connectivity index (χ3v) is 1.94. The van der Waals surface area contributed by atoms with Gasteiger partial charge in [-0.1, -0.05) is 32.0 Å². The highest BCUT2D eigenvalue weighted by molar-refractivity contribution is 5.20. The molecule has 0 saturated carbocycles. The van der Waals surface area contributed by atoms with Gasteiger partial charge < -0.3 is 14.6 Å². The second kappa shape index (κ2) is 13.0. The third kappa shape index (κ3) is 9.85. The molecule has 98 valence electrons. The van der Waals surface area contributed by atoms with Crippen LogP contribution in [0.2, 0.25) is 0 Å². The van der Waals surface area contributed by atoms with Gasteiger partial charge in [-0.05, 0) is 25.0 Å². The molecule has 0 spiro atoms. The number of aliphatic hydroxyl groups excluding tert-OH is 1. The number of hydrogen-bond acceptors (Lipinski definition) is 3. The highest BCUT2D eigenvalue weighted by atomic mass is 16.5. The number of rotatable bonds is 8. The fraction of sp³-hybridized carbons (Fsp3) is 0.571. The van der Waals surface area contributed by atoms with Crippen LogP contribution in [-0.4, -0.2) is 31.5 Å². The first kappa shape index (κ1) is 15.9. The summed E-state index contributed by atoms with van der Waals surface area (Å²) in [6.07, 6.45) is 1.71. The van der Waals surface area contributed by atoms with E-state index in [1.807, 2.05) is 44.2 Å². The molecule has 0 aliphatic rings. The van der Waals surface area contributed by atoms with Crippen LogP contribution in [0.5, 0.6) is 5.75 Å². The van der Waals surface area contributed by atoms with Gasteiger partial charge in [0.15, 0.2) is 0 Å². The molecule has 0 aliphatic heterocycles. The van der Waals surface area contributed by atoms with Crippen molar-refractivity contribution in [3.63, 3.8) is 0 Å². The van der Waals surface area contributed by atoms with Crippen LogP contribution in [0, 0.1) is 0 Å². The minimum absolute atomic E-state index is 0.240. The van der Waals surface area contributed by atoms with Gasteiger partial charge in [-0.25, -0.2) is 0 Å². The number of unbranched alkanes of at least 4 members (excludes halogenated alkanes) is 1. The number of hydrogen-bond donors (Lipinski definition) is 1. The minimum atomic E-state index is 0.240. The summed E-state index contributed by atoms with van der Waals surface area (Å²) in [6.45, 7) is 6.10. The largest absolute Gasteiger partial charge is 0.491 e. The molecule has 3 heteroatoms. The molecule has 1 aromatic carbocycles. The smallest absolute Gasteiger partial charge is 0.119 e. The van der Waals surface area contributed by atoms with Crippen LogP contribution in [0.15, 0.2) is 30.3 Å². The van der Waals surface area contributed by atoms with Crippen LogP contribution in [0.4, 0.5) is 0 Å². The van der Waals surface area contributed by atoms with Crippen LogP contribution in [0.3, 0.4) is 0 Å². The molecule has 0 amide bonds. The topological polar surface area (TPSA) is 38.7 Å². The van der Waals surface area contributed by atoms with E-state index in [4.69, 9.17) is 14.6 Å².